The Morgan fingerprint density at radius 3 is 2.20 bits per heavy atom. The molecule has 7 nitrogen and oxygen atoms in total. The van der Waals surface area contributed by atoms with Crippen LogP contribution in [0.25, 0.3) is 0 Å². The predicted octanol–water partition coefficient (Wildman–Crippen LogP) is 1.10. The monoisotopic (exact) mass is 301 g/mol. The number of aryl methyl sites for hydroxylation is 2. The highest BCUT2D eigenvalue weighted by Gasteiger charge is 2.22. The van der Waals surface area contributed by atoms with Crippen LogP contribution in [0.5, 0.6) is 0 Å². The van der Waals surface area contributed by atoms with Gasteiger partial charge in [0.25, 0.3) is 5.69 Å². The number of likely N-dealkylation sites (N-methyl/N-ethyl adjacent to an activating group) is 1. The van der Waals surface area contributed by atoms with E-state index in [-0.39, 0.29) is 17.1 Å². The molecule has 0 saturated carbocycles. The lowest BCUT2D eigenvalue weighted by Crippen LogP contribution is -2.32. The van der Waals surface area contributed by atoms with Crippen molar-refractivity contribution in [1.29, 1.82) is 0 Å². The first kappa shape index (κ1) is 16.5. The van der Waals surface area contributed by atoms with Crippen LogP contribution in [0.4, 0.5) is 5.69 Å². The lowest BCUT2D eigenvalue weighted by Gasteiger charge is -2.12. The minimum absolute atomic E-state index is 0.105. The van der Waals surface area contributed by atoms with Crippen LogP contribution < -0.4 is 10.0 Å². The van der Waals surface area contributed by atoms with E-state index < -0.39 is 14.9 Å². The Morgan fingerprint density at radius 2 is 1.75 bits per heavy atom. The van der Waals surface area contributed by atoms with Gasteiger partial charge in [0, 0.05) is 25.2 Å². The first-order valence-corrected chi connectivity index (χ1v) is 7.74. The maximum Gasteiger partial charge on any atom is 0.270 e. The highest BCUT2D eigenvalue weighted by Crippen LogP contribution is 2.25. The summed E-state index contributed by atoms with van der Waals surface area (Å²) in [6.45, 7) is 6.60. The zero-order chi connectivity index (χ0) is 15.3. The van der Waals surface area contributed by atoms with E-state index in [0.29, 0.717) is 17.7 Å². The Labute approximate surface area is 118 Å². The zero-order valence-electron chi connectivity index (χ0n) is 11.8. The highest BCUT2D eigenvalue weighted by atomic mass is 32.2. The Morgan fingerprint density at radius 1 is 1.20 bits per heavy atom. The van der Waals surface area contributed by atoms with Gasteiger partial charge in [-0.2, -0.15) is 0 Å². The number of nitrogens with one attached hydrogen (secondary N) is 2. The van der Waals surface area contributed by atoms with Crippen LogP contribution in [0.2, 0.25) is 0 Å². The molecule has 0 fully saturated rings. The third-order valence-electron chi connectivity index (χ3n) is 2.77. The molecule has 8 heteroatoms. The lowest BCUT2D eigenvalue weighted by atomic mass is 10.1. The molecule has 0 atom stereocenters. The van der Waals surface area contributed by atoms with Gasteiger partial charge in [-0.25, -0.2) is 13.1 Å². The van der Waals surface area contributed by atoms with Crippen LogP contribution in [-0.4, -0.2) is 33.0 Å². The molecule has 0 aromatic heterocycles. The topological polar surface area (TPSA) is 101 Å². The van der Waals surface area contributed by atoms with Crippen molar-refractivity contribution in [3.05, 3.63) is 33.4 Å². The standard InChI is InChI=1S/C12H19N3O4S/c1-4-13-5-6-14-20(18,19)12-9(2)7-11(15(16)17)8-10(12)3/h7-8,13-14H,4-6H2,1-3H3. The number of benzene rings is 1. The van der Waals surface area contributed by atoms with Crippen molar-refractivity contribution in [2.45, 2.75) is 25.7 Å². The molecule has 2 N–H and O–H groups in total. The van der Waals surface area contributed by atoms with E-state index in [0.717, 1.165) is 6.54 Å². The van der Waals surface area contributed by atoms with E-state index in [1.807, 2.05) is 6.92 Å². The molecule has 0 radical (unpaired) electrons. The van der Waals surface area contributed by atoms with Gasteiger partial charge in [0.15, 0.2) is 0 Å². The molecule has 112 valence electrons. The second-order valence-electron chi connectivity index (χ2n) is 4.42. The molecule has 0 aliphatic carbocycles. The van der Waals surface area contributed by atoms with Gasteiger partial charge in [-0.1, -0.05) is 6.92 Å². The molecule has 0 aliphatic rings. The average molecular weight is 301 g/mol. The van der Waals surface area contributed by atoms with Crippen LogP contribution >= 0.6 is 0 Å². The van der Waals surface area contributed by atoms with Gasteiger partial charge in [0.2, 0.25) is 10.0 Å². The summed E-state index contributed by atoms with van der Waals surface area (Å²) in [7, 11) is -3.66. The first-order valence-electron chi connectivity index (χ1n) is 6.25. The highest BCUT2D eigenvalue weighted by molar-refractivity contribution is 7.89. The summed E-state index contributed by atoms with van der Waals surface area (Å²) < 4.78 is 26.9. The Bertz CT molecular complexity index is 576. The van der Waals surface area contributed by atoms with Crippen molar-refractivity contribution < 1.29 is 13.3 Å². The Hall–Kier alpha value is -1.51. The maximum atomic E-state index is 12.2. The molecule has 20 heavy (non-hydrogen) atoms. The molecular weight excluding hydrogens is 282 g/mol. The van der Waals surface area contributed by atoms with Gasteiger partial charge in [-0.05, 0) is 31.5 Å². The molecule has 1 aromatic rings. The SMILES string of the molecule is CCNCCNS(=O)(=O)c1c(C)cc([N+](=O)[O-])cc1C. The maximum absolute atomic E-state index is 12.2. The van der Waals surface area contributed by atoms with Gasteiger partial charge < -0.3 is 5.32 Å². The smallest absolute Gasteiger partial charge is 0.270 e. The van der Waals surface area contributed by atoms with E-state index in [2.05, 4.69) is 10.0 Å². The molecule has 0 bridgehead atoms. The molecule has 1 aromatic carbocycles. The fourth-order valence-electron chi connectivity index (χ4n) is 1.98. The van der Waals surface area contributed by atoms with Crippen LogP contribution in [0, 0.1) is 24.0 Å². The number of non-ortho nitro benzene ring substituents is 1. The first-order chi connectivity index (χ1) is 9.29. The molecule has 0 spiro atoms. The number of sulfonamides is 1. The van der Waals surface area contributed by atoms with Crippen LogP contribution in [0.15, 0.2) is 17.0 Å². The number of hydrogen-bond donors (Lipinski definition) is 2. The second-order valence-corrected chi connectivity index (χ2v) is 6.12. The number of nitrogens with zero attached hydrogens (tertiary/aromatic N) is 1. The van der Waals surface area contributed by atoms with Gasteiger partial charge in [0.05, 0.1) is 9.82 Å². The summed E-state index contributed by atoms with van der Waals surface area (Å²) in [6, 6.07) is 2.54. The van der Waals surface area contributed by atoms with Crippen LogP contribution in [0.3, 0.4) is 0 Å². The zero-order valence-corrected chi connectivity index (χ0v) is 12.6. The fourth-order valence-corrected chi connectivity index (χ4v) is 3.46. The third-order valence-corrected chi connectivity index (χ3v) is 4.53. The third kappa shape index (κ3) is 3.99. The van der Waals surface area contributed by atoms with Crippen molar-refractivity contribution >= 4 is 15.7 Å². The quantitative estimate of drug-likeness (QED) is 0.446. The molecule has 0 amide bonds. The van der Waals surface area contributed by atoms with Gasteiger partial charge in [-0.15, -0.1) is 0 Å². The van der Waals surface area contributed by atoms with Crippen LogP contribution in [-0.2, 0) is 10.0 Å². The normalized spacial score (nSPS) is 11.6. The molecule has 0 aliphatic heterocycles. The molecule has 1 rings (SSSR count). The van der Waals surface area contributed by atoms with E-state index in [4.69, 9.17) is 0 Å². The van der Waals surface area contributed by atoms with Gasteiger partial charge in [-0.3, -0.25) is 10.1 Å². The number of rotatable bonds is 7. The summed E-state index contributed by atoms with van der Waals surface area (Å²) in [4.78, 5) is 10.3. The van der Waals surface area contributed by atoms with Crippen molar-refractivity contribution in [2.24, 2.45) is 0 Å². The number of nitro benzene ring substituents is 1. The summed E-state index contributed by atoms with van der Waals surface area (Å²) in [5.74, 6) is 0. The number of nitro groups is 1. The minimum atomic E-state index is -3.66. The molecular formula is C12H19N3O4S. The average Bonchev–Trinajstić information content (AvgIpc) is 2.33. The van der Waals surface area contributed by atoms with E-state index in [1.165, 1.54) is 12.1 Å². The van der Waals surface area contributed by atoms with E-state index in [9.17, 15) is 18.5 Å². The Kier molecular flexibility index (Phi) is 5.61. The van der Waals surface area contributed by atoms with E-state index >= 15 is 0 Å². The Balaban J connectivity index is 3.03. The minimum Gasteiger partial charge on any atom is -0.316 e. The molecule has 0 heterocycles. The molecule has 0 saturated heterocycles. The summed E-state index contributed by atoms with van der Waals surface area (Å²) in [6.07, 6.45) is 0. The number of hydrogen-bond acceptors (Lipinski definition) is 5. The van der Waals surface area contributed by atoms with Crippen molar-refractivity contribution in [1.82, 2.24) is 10.0 Å². The summed E-state index contributed by atoms with van der Waals surface area (Å²) >= 11 is 0. The summed E-state index contributed by atoms with van der Waals surface area (Å²) in [5, 5.41) is 13.8. The van der Waals surface area contributed by atoms with Crippen molar-refractivity contribution in [2.75, 3.05) is 19.6 Å². The fraction of sp³-hybridized carbons (Fsp3) is 0.500. The summed E-state index contributed by atoms with van der Waals surface area (Å²) in [5.41, 5.74) is 0.631. The van der Waals surface area contributed by atoms with Gasteiger partial charge in [0.1, 0.15) is 0 Å². The largest absolute Gasteiger partial charge is 0.316 e. The van der Waals surface area contributed by atoms with Crippen molar-refractivity contribution in [3.63, 3.8) is 0 Å². The molecule has 0 unspecified atom stereocenters. The second kappa shape index (κ2) is 6.78. The van der Waals surface area contributed by atoms with E-state index in [1.54, 1.807) is 13.8 Å². The van der Waals surface area contributed by atoms with Crippen LogP contribution in [0.1, 0.15) is 18.1 Å². The van der Waals surface area contributed by atoms with Crippen molar-refractivity contribution in [3.8, 4) is 0 Å². The van der Waals surface area contributed by atoms with Gasteiger partial charge >= 0.3 is 0 Å². The predicted molar refractivity (Wildman–Crippen MR) is 76.3 cm³/mol. The lowest BCUT2D eigenvalue weighted by molar-refractivity contribution is -0.385.